The summed E-state index contributed by atoms with van der Waals surface area (Å²) in [7, 11) is 12.6. The van der Waals surface area contributed by atoms with Crippen LogP contribution in [0.5, 0.6) is 0 Å². The van der Waals surface area contributed by atoms with Gasteiger partial charge in [-0.2, -0.15) is 0 Å². The van der Waals surface area contributed by atoms with Crippen LogP contribution in [0.2, 0.25) is 0 Å². The summed E-state index contributed by atoms with van der Waals surface area (Å²) in [6, 6.07) is 20.7. The van der Waals surface area contributed by atoms with Crippen molar-refractivity contribution in [1.82, 2.24) is 14.7 Å². The summed E-state index contributed by atoms with van der Waals surface area (Å²) in [6.07, 6.45) is 0. The van der Waals surface area contributed by atoms with Crippen molar-refractivity contribution in [1.29, 1.82) is 0 Å². The first-order valence-electron chi connectivity index (χ1n) is 12.8. The summed E-state index contributed by atoms with van der Waals surface area (Å²) in [5.41, 5.74) is 11.5. The lowest BCUT2D eigenvalue weighted by Gasteiger charge is -2.23. The van der Waals surface area contributed by atoms with Gasteiger partial charge in [0.1, 0.15) is 0 Å². The number of nitrogens with one attached hydrogen (secondary N) is 3. The van der Waals surface area contributed by atoms with Gasteiger partial charge in [-0.15, -0.1) is 0 Å². The highest BCUT2D eigenvalue weighted by atomic mass is 15.1. The van der Waals surface area contributed by atoms with Crippen molar-refractivity contribution < 1.29 is 0 Å². The van der Waals surface area contributed by atoms with Crippen molar-refractivity contribution in [3.8, 4) is 0 Å². The zero-order valence-electron chi connectivity index (χ0n) is 22.8. The van der Waals surface area contributed by atoms with E-state index in [-0.39, 0.29) is 0 Å². The number of hydrogen-bond donors (Lipinski definition) is 3. The van der Waals surface area contributed by atoms with Crippen LogP contribution < -0.4 is 16.0 Å². The Hall–Kier alpha value is -3.06. The Morgan fingerprint density at radius 2 is 0.583 bits per heavy atom. The molecule has 4 rings (SSSR count). The monoisotopic (exact) mass is 486 g/mol. The predicted octanol–water partition coefficient (Wildman–Crippen LogP) is 5.02. The van der Waals surface area contributed by atoms with Crippen LogP contribution in [-0.4, -0.2) is 57.0 Å². The molecule has 6 bridgehead atoms. The van der Waals surface area contributed by atoms with Gasteiger partial charge in [0, 0.05) is 77.5 Å². The lowest BCUT2D eigenvalue weighted by atomic mass is 10.0. The van der Waals surface area contributed by atoms with E-state index < -0.39 is 0 Å². The summed E-state index contributed by atoms with van der Waals surface area (Å²) in [4.78, 5) is 7.20. The van der Waals surface area contributed by atoms with E-state index in [2.05, 4.69) is 106 Å². The molecule has 0 fully saturated rings. The van der Waals surface area contributed by atoms with Crippen molar-refractivity contribution in [2.24, 2.45) is 0 Å². The highest BCUT2D eigenvalue weighted by Gasteiger charge is 2.12. The Labute approximate surface area is 217 Å². The van der Waals surface area contributed by atoms with Crippen LogP contribution in [0.15, 0.2) is 54.6 Å². The Kier molecular flexibility index (Phi) is 8.52. The third-order valence-corrected chi connectivity index (χ3v) is 6.74. The maximum atomic E-state index is 3.36. The number of benzene rings is 3. The van der Waals surface area contributed by atoms with Crippen LogP contribution >= 0.6 is 0 Å². The molecule has 3 N–H and O–H groups in total. The van der Waals surface area contributed by atoms with Gasteiger partial charge in [0.15, 0.2) is 0 Å². The summed E-state index contributed by atoms with van der Waals surface area (Å²) < 4.78 is 0. The molecule has 0 unspecified atom stereocenters. The molecule has 0 aliphatic carbocycles. The molecule has 1 aliphatic rings. The zero-order valence-corrected chi connectivity index (χ0v) is 22.8. The molecule has 1 aliphatic heterocycles. The third-order valence-electron chi connectivity index (χ3n) is 6.74. The van der Waals surface area contributed by atoms with Gasteiger partial charge in [-0.1, -0.05) is 18.2 Å². The van der Waals surface area contributed by atoms with E-state index in [1.165, 1.54) is 50.4 Å². The van der Waals surface area contributed by atoms with Crippen molar-refractivity contribution in [3.63, 3.8) is 0 Å². The molecular weight excluding hydrogens is 444 g/mol. The molecule has 6 nitrogen and oxygen atoms in total. The maximum Gasteiger partial charge on any atom is 0.0344 e. The minimum Gasteiger partial charge on any atom is -0.388 e. The number of rotatable bonds is 3. The Balaban J connectivity index is 1.73. The lowest BCUT2D eigenvalue weighted by molar-refractivity contribution is 0.309. The van der Waals surface area contributed by atoms with Crippen molar-refractivity contribution in [3.05, 3.63) is 88.0 Å². The minimum atomic E-state index is 0.902. The van der Waals surface area contributed by atoms with E-state index in [0.717, 1.165) is 39.3 Å². The van der Waals surface area contributed by atoms with Crippen molar-refractivity contribution >= 4 is 17.1 Å². The number of nitrogens with zero attached hydrogens (tertiary/aromatic N) is 3. The topological polar surface area (TPSA) is 45.8 Å². The molecule has 0 aromatic heterocycles. The Morgan fingerprint density at radius 3 is 0.750 bits per heavy atom. The van der Waals surface area contributed by atoms with Crippen molar-refractivity contribution in [2.45, 2.75) is 39.3 Å². The van der Waals surface area contributed by atoms with E-state index in [4.69, 9.17) is 0 Å². The average Bonchev–Trinajstić information content (AvgIpc) is 2.82. The number of anilines is 3. The second kappa shape index (κ2) is 11.8. The van der Waals surface area contributed by atoms with E-state index in [1.54, 1.807) is 0 Å². The highest BCUT2D eigenvalue weighted by molar-refractivity contribution is 5.51. The molecule has 3 aromatic rings. The molecule has 192 valence electrons. The molecule has 0 atom stereocenters. The fourth-order valence-electron chi connectivity index (χ4n) is 5.31. The molecule has 0 saturated heterocycles. The van der Waals surface area contributed by atoms with Crippen LogP contribution in [0.3, 0.4) is 0 Å². The molecule has 0 spiro atoms. The van der Waals surface area contributed by atoms with Crippen molar-refractivity contribution in [2.75, 3.05) is 58.2 Å². The number of hydrogen-bond acceptors (Lipinski definition) is 6. The molecule has 3 aromatic carbocycles. The fraction of sp³-hybridized carbons (Fsp3) is 0.400. The van der Waals surface area contributed by atoms with Gasteiger partial charge in [-0.05, 0) is 90.9 Å². The molecule has 36 heavy (non-hydrogen) atoms. The summed E-state index contributed by atoms with van der Waals surface area (Å²) in [5, 5.41) is 10.1. The van der Waals surface area contributed by atoms with Gasteiger partial charge < -0.3 is 16.0 Å². The van der Waals surface area contributed by atoms with Gasteiger partial charge in [0.25, 0.3) is 0 Å². The van der Waals surface area contributed by atoms with E-state index in [1.807, 2.05) is 21.1 Å². The highest BCUT2D eigenvalue weighted by Crippen LogP contribution is 2.23. The first-order chi connectivity index (χ1) is 17.3. The fourth-order valence-corrected chi connectivity index (χ4v) is 5.31. The molecule has 0 radical (unpaired) electrons. The minimum absolute atomic E-state index is 0.902. The standard InChI is InChI=1S/C30H42N6/c1-31-28-10-22-7-23(11-28)17-35(5)19-25-9-27(15-30(13-25)33-3)21-36(6)20-26-8-24(18-34(4)16-22)12-29(14-26)32-2/h7-15,31-33H,16-21H2,1-6H3. The second-order valence-electron chi connectivity index (χ2n) is 10.4. The molecule has 1 heterocycles. The zero-order chi connectivity index (χ0) is 25.7. The predicted molar refractivity (Wildman–Crippen MR) is 153 cm³/mol. The van der Waals surface area contributed by atoms with Gasteiger partial charge in [-0.25, -0.2) is 0 Å². The number of fused-ring (bicyclic) bond motifs is 6. The first-order valence-corrected chi connectivity index (χ1v) is 12.8. The molecule has 0 amide bonds. The molecule has 6 heteroatoms. The quantitative estimate of drug-likeness (QED) is 0.483. The maximum absolute atomic E-state index is 3.36. The van der Waals surface area contributed by atoms with Crippen LogP contribution in [0.4, 0.5) is 17.1 Å². The van der Waals surface area contributed by atoms with Crippen LogP contribution in [-0.2, 0) is 39.3 Å². The van der Waals surface area contributed by atoms with Crippen LogP contribution in [0.25, 0.3) is 0 Å². The summed E-state index contributed by atoms with van der Waals surface area (Å²) >= 11 is 0. The lowest BCUT2D eigenvalue weighted by Crippen LogP contribution is -2.21. The smallest absolute Gasteiger partial charge is 0.0344 e. The van der Waals surface area contributed by atoms with Gasteiger partial charge >= 0.3 is 0 Å². The summed E-state index contributed by atoms with van der Waals surface area (Å²) in [5.74, 6) is 0. The Bertz CT molecular complexity index is 955. The average molecular weight is 487 g/mol. The normalized spacial score (nSPS) is 16.2. The van der Waals surface area contributed by atoms with E-state index in [9.17, 15) is 0 Å². The largest absolute Gasteiger partial charge is 0.388 e. The van der Waals surface area contributed by atoms with Gasteiger partial charge in [0.05, 0.1) is 0 Å². The SMILES string of the molecule is CNc1cc2cc(c1)CN(C)Cc1cc(cc(NC)c1)CN(C)Cc1cc(cc(NC)c1)CN(C)C2. The Morgan fingerprint density at radius 1 is 0.389 bits per heavy atom. The summed E-state index contributed by atoms with van der Waals surface area (Å²) in [6.45, 7) is 5.41. The molecule has 0 saturated carbocycles. The van der Waals surface area contributed by atoms with Crippen LogP contribution in [0.1, 0.15) is 33.4 Å². The van der Waals surface area contributed by atoms with Gasteiger partial charge in [-0.3, -0.25) is 14.7 Å². The van der Waals surface area contributed by atoms with Crippen LogP contribution in [0, 0.1) is 0 Å². The third kappa shape index (κ3) is 7.00. The second-order valence-corrected chi connectivity index (χ2v) is 10.4. The van der Waals surface area contributed by atoms with Gasteiger partial charge in [0.2, 0.25) is 0 Å². The van der Waals surface area contributed by atoms with E-state index in [0.29, 0.717) is 0 Å². The molecular formula is C30H42N6. The van der Waals surface area contributed by atoms with E-state index >= 15 is 0 Å². The first kappa shape index (κ1) is 26.0.